The number of benzene rings is 2. The quantitative estimate of drug-likeness (QED) is 0.840. The summed E-state index contributed by atoms with van der Waals surface area (Å²) in [6.07, 6.45) is 2.12. The maximum absolute atomic E-state index is 12.2. The molecule has 2 aromatic carbocycles. The summed E-state index contributed by atoms with van der Waals surface area (Å²) in [6, 6.07) is 17.5. The molecule has 6 nitrogen and oxygen atoms in total. The summed E-state index contributed by atoms with van der Waals surface area (Å²) in [5, 5.41) is 5.72. The molecule has 28 heavy (non-hydrogen) atoms. The van der Waals surface area contributed by atoms with E-state index in [2.05, 4.69) is 15.5 Å². The second-order valence-electron chi connectivity index (χ2n) is 7.43. The first-order valence-electron chi connectivity index (χ1n) is 9.91. The van der Waals surface area contributed by atoms with E-state index in [1.165, 1.54) is 0 Å². The highest BCUT2D eigenvalue weighted by Crippen LogP contribution is 2.31. The zero-order valence-corrected chi connectivity index (χ0v) is 15.9. The van der Waals surface area contributed by atoms with Crippen molar-refractivity contribution in [3.05, 3.63) is 60.2 Å². The second-order valence-corrected chi connectivity index (χ2v) is 7.43. The summed E-state index contributed by atoms with van der Waals surface area (Å²) in [4.78, 5) is 28.5. The maximum Gasteiger partial charge on any atom is 0.319 e. The Bertz CT molecular complexity index is 810. The fourth-order valence-corrected chi connectivity index (χ4v) is 3.48. The van der Waals surface area contributed by atoms with Crippen LogP contribution in [0.4, 0.5) is 16.2 Å². The van der Waals surface area contributed by atoms with Crippen LogP contribution in [-0.4, -0.2) is 43.0 Å². The van der Waals surface area contributed by atoms with Gasteiger partial charge < -0.3 is 20.4 Å². The lowest BCUT2D eigenvalue weighted by Crippen LogP contribution is -2.49. The number of piperazine rings is 1. The van der Waals surface area contributed by atoms with Gasteiger partial charge in [-0.3, -0.25) is 4.79 Å². The van der Waals surface area contributed by atoms with Crippen molar-refractivity contribution in [3.63, 3.8) is 0 Å². The first-order chi connectivity index (χ1) is 13.7. The molecule has 1 saturated carbocycles. The minimum Gasteiger partial charge on any atom is -0.368 e. The number of anilines is 2. The summed E-state index contributed by atoms with van der Waals surface area (Å²) in [5.41, 5.74) is 2.94. The monoisotopic (exact) mass is 378 g/mol. The molecule has 1 aliphatic carbocycles. The molecule has 2 aliphatic rings. The van der Waals surface area contributed by atoms with Crippen LogP contribution in [-0.2, 0) is 11.3 Å². The number of urea groups is 1. The van der Waals surface area contributed by atoms with E-state index in [9.17, 15) is 9.59 Å². The third kappa shape index (κ3) is 4.63. The molecule has 3 amide bonds. The van der Waals surface area contributed by atoms with E-state index in [0.29, 0.717) is 18.4 Å². The van der Waals surface area contributed by atoms with E-state index < -0.39 is 0 Å². The number of hydrogen-bond donors (Lipinski definition) is 2. The molecule has 2 aromatic rings. The van der Waals surface area contributed by atoms with Gasteiger partial charge in [-0.2, -0.15) is 0 Å². The second kappa shape index (κ2) is 8.33. The van der Waals surface area contributed by atoms with Crippen molar-refractivity contribution in [1.82, 2.24) is 10.2 Å². The predicted molar refractivity (Wildman–Crippen MR) is 110 cm³/mol. The Labute approximate surface area is 165 Å². The number of amides is 3. The Kier molecular flexibility index (Phi) is 5.46. The summed E-state index contributed by atoms with van der Waals surface area (Å²) < 4.78 is 0. The Balaban J connectivity index is 1.24. The molecular weight excluding hydrogens is 352 g/mol. The highest BCUT2D eigenvalue weighted by molar-refractivity contribution is 5.89. The minimum atomic E-state index is -0.219. The van der Waals surface area contributed by atoms with Crippen LogP contribution >= 0.6 is 0 Å². The highest BCUT2D eigenvalue weighted by Gasteiger charge is 2.34. The molecule has 2 N–H and O–H groups in total. The van der Waals surface area contributed by atoms with Crippen LogP contribution in [0.3, 0.4) is 0 Å². The molecule has 4 rings (SSSR count). The topological polar surface area (TPSA) is 64.7 Å². The first-order valence-corrected chi connectivity index (χ1v) is 9.91. The molecule has 0 bridgehead atoms. The standard InChI is InChI=1S/C22H26N4O2/c27-21(18-6-7-18)26-14-12-25(13-15-26)20-10-8-19(9-11-20)24-22(28)23-16-17-4-2-1-3-5-17/h1-5,8-11,18H,6-7,12-16H2,(H2,23,24,28). The van der Waals surface area contributed by atoms with Crippen LogP contribution in [0.15, 0.2) is 54.6 Å². The molecule has 0 unspecified atom stereocenters. The van der Waals surface area contributed by atoms with Gasteiger partial charge in [0.1, 0.15) is 0 Å². The van der Waals surface area contributed by atoms with Gasteiger partial charge in [0.2, 0.25) is 5.91 Å². The Morgan fingerprint density at radius 3 is 2.21 bits per heavy atom. The predicted octanol–water partition coefficient (Wildman–Crippen LogP) is 3.07. The van der Waals surface area contributed by atoms with E-state index >= 15 is 0 Å². The zero-order chi connectivity index (χ0) is 19.3. The van der Waals surface area contributed by atoms with E-state index in [4.69, 9.17) is 0 Å². The Hall–Kier alpha value is -3.02. The third-order valence-corrected chi connectivity index (χ3v) is 5.30. The highest BCUT2D eigenvalue weighted by atomic mass is 16.2. The SMILES string of the molecule is O=C(NCc1ccccc1)Nc1ccc(N2CCN(C(=O)C3CC3)CC2)cc1. The number of rotatable bonds is 5. The van der Waals surface area contributed by atoms with Crippen molar-refractivity contribution in [2.75, 3.05) is 36.4 Å². The van der Waals surface area contributed by atoms with E-state index in [0.717, 1.165) is 56.0 Å². The van der Waals surface area contributed by atoms with Crippen molar-refractivity contribution >= 4 is 23.3 Å². The lowest BCUT2D eigenvalue weighted by Gasteiger charge is -2.36. The van der Waals surface area contributed by atoms with Crippen LogP contribution in [0.1, 0.15) is 18.4 Å². The molecule has 146 valence electrons. The molecule has 1 saturated heterocycles. The number of carbonyl (C=O) groups is 2. The fourth-order valence-electron chi connectivity index (χ4n) is 3.48. The van der Waals surface area contributed by atoms with E-state index in [1.807, 2.05) is 59.5 Å². The molecule has 1 aliphatic heterocycles. The van der Waals surface area contributed by atoms with Crippen molar-refractivity contribution in [1.29, 1.82) is 0 Å². The van der Waals surface area contributed by atoms with Gasteiger partial charge in [-0.05, 0) is 42.7 Å². The minimum absolute atomic E-state index is 0.219. The van der Waals surface area contributed by atoms with Crippen LogP contribution in [0.25, 0.3) is 0 Å². The molecule has 0 spiro atoms. The Morgan fingerprint density at radius 2 is 1.57 bits per heavy atom. The fraction of sp³-hybridized carbons (Fsp3) is 0.364. The van der Waals surface area contributed by atoms with Crippen molar-refractivity contribution < 1.29 is 9.59 Å². The van der Waals surface area contributed by atoms with Gasteiger partial charge in [-0.15, -0.1) is 0 Å². The van der Waals surface area contributed by atoms with Gasteiger partial charge in [-0.25, -0.2) is 4.79 Å². The molecule has 0 aromatic heterocycles. The average molecular weight is 378 g/mol. The van der Waals surface area contributed by atoms with E-state index in [1.54, 1.807) is 0 Å². The summed E-state index contributed by atoms with van der Waals surface area (Å²) in [6.45, 7) is 3.77. The number of hydrogen-bond acceptors (Lipinski definition) is 3. The number of nitrogens with one attached hydrogen (secondary N) is 2. The van der Waals surface area contributed by atoms with Gasteiger partial charge in [0.15, 0.2) is 0 Å². The van der Waals surface area contributed by atoms with Gasteiger partial charge >= 0.3 is 6.03 Å². The molecule has 0 radical (unpaired) electrons. The normalized spacial score (nSPS) is 16.6. The summed E-state index contributed by atoms with van der Waals surface area (Å²) >= 11 is 0. The average Bonchev–Trinajstić information content (AvgIpc) is 3.59. The molecule has 2 fully saturated rings. The van der Waals surface area contributed by atoms with Crippen molar-refractivity contribution in [2.24, 2.45) is 5.92 Å². The molecule has 6 heteroatoms. The van der Waals surface area contributed by atoms with Gasteiger partial charge in [0.05, 0.1) is 0 Å². The number of nitrogens with zero attached hydrogens (tertiary/aromatic N) is 2. The zero-order valence-electron chi connectivity index (χ0n) is 15.9. The van der Waals surface area contributed by atoms with Gasteiger partial charge in [0, 0.05) is 50.0 Å². The lowest BCUT2D eigenvalue weighted by atomic mass is 10.2. The maximum atomic E-state index is 12.2. The van der Waals surface area contributed by atoms with Gasteiger partial charge in [-0.1, -0.05) is 30.3 Å². The number of carbonyl (C=O) groups excluding carboxylic acids is 2. The molecule has 0 atom stereocenters. The smallest absolute Gasteiger partial charge is 0.319 e. The summed E-state index contributed by atoms with van der Waals surface area (Å²) in [5.74, 6) is 0.630. The molecular formula is C22H26N4O2. The van der Waals surface area contributed by atoms with Crippen LogP contribution < -0.4 is 15.5 Å². The largest absolute Gasteiger partial charge is 0.368 e. The summed E-state index contributed by atoms with van der Waals surface area (Å²) in [7, 11) is 0. The van der Waals surface area contributed by atoms with Crippen LogP contribution in [0, 0.1) is 5.92 Å². The van der Waals surface area contributed by atoms with Crippen LogP contribution in [0.2, 0.25) is 0 Å². The van der Waals surface area contributed by atoms with Crippen molar-refractivity contribution in [2.45, 2.75) is 19.4 Å². The van der Waals surface area contributed by atoms with Crippen LogP contribution in [0.5, 0.6) is 0 Å². The van der Waals surface area contributed by atoms with E-state index in [-0.39, 0.29) is 6.03 Å². The Morgan fingerprint density at radius 1 is 0.893 bits per heavy atom. The third-order valence-electron chi connectivity index (χ3n) is 5.30. The first kappa shape index (κ1) is 18.3. The lowest BCUT2D eigenvalue weighted by molar-refractivity contribution is -0.132. The molecule has 1 heterocycles. The van der Waals surface area contributed by atoms with Crippen molar-refractivity contribution in [3.8, 4) is 0 Å². The van der Waals surface area contributed by atoms with Gasteiger partial charge in [0.25, 0.3) is 0 Å².